The number of thioether (sulfide) groups is 1. The van der Waals surface area contributed by atoms with Crippen molar-refractivity contribution in [3.8, 4) is 0 Å². The predicted molar refractivity (Wildman–Crippen MR) is 126 cm³/mol. The van der Waals surface area contributed by atoms with Crippen molar-refractivity contribution in [3.05, 3.63) is 23.9 Å². The molecule has 0 spiro atoms. The SMILES string of the molecule is CC(C)(C)OC(=O)NCC1CCC(NC(=O)c2cccnc2NC2CCSCC2)CC1. The zero-order valence-electron chi connectivity index (χ0n) is 18.9. The van der Waals surface area contributed by atoms with E-state index in [9.17, 15) is 9.59 Å². The highest BCUT2D eigenvalue weighted by Crippen LogP contribution is 2.25. The maximum Gasteiger partial charge on any atom is 0.407 e. The smallest absolute Gasteiger partial charge is 0.407 e. The van der Waals surface area contributed by atoms with Crippen LogP contribution >= 0.6 is 11.8 Å². The number of aromatic nitrogens is 1. The van der Waals surface area contributed by atoms with E-state index in [1.807, 2.05) is 44.7 Å². The molecule has 0 bridgehead atoms. The van der Waals surface area contributed by atoms with Crippen molar-refractivity contribution in [2.45, 2.75) is 77.0 Å². The minimum absolute atomic E-state index is 0.0592. The number of carbonyl (C=O) groups excluding carboxylic acids is 2. The molecular weight excluding hydrogens is 412 g/mol. The molecule has 0 unspecified atom stereocenters. The summed E-state index contributed by atoms with van der Waals surface area (Å²) in [6.07, 6.45) is 7.34. The highest BCUT2D eigenvalue weighted by molar-refractivity contribution is 7.99. The molecular formula is C23H36N4O3S. The van der Waals surface area contributed by atoms with Crippen LogP contribution in [-0.2, 0) is 4.74 Å². The monoisotopic (exact) mass is 448 g/mol. The van der Waals surface area contributed by atoms with Crippen LogP contribution in [-0.4, -0.2) is 52.7 Å². The fraction of sp³-hybridized carbons (Fsp3) is 0.696. The first-order valence-corrected chi connectivity index (χ1v) is 12.5. The number of carbonyl (C=O) groups is 2. The molecule has 1 aliphatic heterocycles. The lowest BCUT2D eigenvalue weighted by Crippen LogP contribution is -2.41. The molecule has 0 atom stereocenters. The molecule has 8 heteroatoms. The molecule has 172 valence electrons. The van der Waals surface area contributed by atoms with Gasteiger partial charge in [0, 0.05) is 24.8 Å². The van der Waals surface area contributed by atoms with Gasteiger partial charge in [0.25, 0.3) is 5.91 Å². The van der Waals surface area contributed by atoms with Crippen LogP contribution in [0.2, 0.25) is 0 Å². The minimum Gasteiger partial charge on any atom is -0.444 e. The molecule has 1 aliphatic carbocycles. The second-order valence-electron chi connectivity index (χ2n) is 9.50. The van der Waals surface area contributed by atoms with Gasteiger partial charge in [0.2, 0.25) is 0 Å². The Morgan fingerprint density at radius 3 is 2.48 bits per heavy atom. The van der Waals surface area contributed by atoms with Crippen LogP contribution in [0, 0.1) is 5.92 Å². The van der Waals surface area contributed by atoms with E-state index in [1.165, 1.54) is 0 Å². The third kappa shape index (κ3) is 7.91. The predicted octanol–water partition coefficient (Wildman–Crippen LogP) is 4.20. The molecule has 7 nitrogen and oxygen atoms in total. The summed E-state index contributed by atoms with van der Waals surface area (Å²) in [6, 6.07) is 4.20. The highest BCUT2D eigenvalue weighted by atomic mass is 32.2. The molecule has 1 saturated heterocycles. The van der Waals surface area contributed by atoms with Crippen molar-refractivity contribution in [3.63, 3.8) is 0 Å². The van der Waals surface area contributed by atoms with Crippen molar-refractivity contribution >= 4 is 29.6 Å². The topological polar surface area (TPSA) is 92.4 Å². The summed E-state index contributed by atoms with van der Waals surface area (Å²) in [5, 5.41) is 9.54. The fourth-order valence-corrected chi connectivity index (χ4v) is 5.16. The second kappa shape index (κ2) is 11.1. The van der Waals surface area contributed by atoms with Crippen LogP contribution in [0.25, 0.3) is 0 Å². The first-order valence-electron chi connectivity index (χ1n) is 11.4. The lowest BCUT2D eigenvalue weighted by Gasteiger charge is -2.30. The number of anilines is 1. The molecule has 0 aromatic carbocycles. The van der Waals surface area contributed by atoms with Crippen LogP contribution in [0.1, 0.15) is 69.7 Å². The van der Waals surface area contributed by atoms with Crippen molar-refractivity contribution < 1.29 is 14.3 Å². The molecule has 2 fully saturated rings. The van der Waals surface area contributed by atoms with E-state index < -0.39 is 5.60 Å². The van der Waals surface area contributed by atoms with Crippen LogP contribution in [0.5, 0.6) is 0 Å². The maximum atomic E-state index is 12.9. The van der Waals surface area contributed by atoms with Crippen LogP contribution in [0.15, 0.2) is 18.3 Å². The minimum atomic E-state index is -0.484. The van der Waals surface area contributed by atoms with E-state index in [-0.39, 0.29) is 18.0 Å². The number of nitrogens with one attached hydrogen (secondary N) is 3. The van der Waals surface area contributed by atoms with E-state index in [0.29, 0.717) is 29.9 Å². The molecule has 3 rings (SSSR count). The summed E-state index contributed by atoms with van der Waals surface area (Å²) in [4.78, 5) is 29.2. The average Bonchev–Trinajstić information content (AvgIpc) is 2.73. The summed E-state index contributed by atoms with van der Waals surface area (Å²) in [7, 11) is 0. The van der Waals surface area contributed by atoms with Crippen LogP contribution in [0.3, 0.4) is 0 Å². The number of pyridine rings is 1. The van der Waals surface area contributed by atoms with E-state index in [4.69, 9.17) is 4.74 Å². The van der Waals surface area contributed by atoms with Gasteiger partial charge in [-0.15, -0.1) is 0 Å². The van der Waals surface area contributed by atoms with Gasteiger partial charge in [-0.2, -0.15) is 11.8 Å². The van der Waals surface area contributed by atoms with Gasteiger partial charge in [0.15, 0.2) is 0 Å². The Morgan fingerprint density at radius 1 is 1.10 bits per heavy atom. The normalized spacial score (nSPS) is 22.4. The Balaban J connectivity index is 1.44. The maximum absolute atomic E-state index is 12.9. The molecule has 2 aliphatic rings. The summed E-state index contributed by atoms with van der Waals surface area (Å²) < 4.78 is 5.30. The molecule has 3 N–H and O–H groups in total. The fourth-order valence-electron chi connectivity index (χ4n) is 4.05. The third-order valence-corrected chi connectivity index (χ3v) is 6.78. The Bertz CT molecular complexity index is 739. The largest absolute Gasteiger partial charge is 0.444 e. The molecule has 31 heavy (non-hydrogen) atoms. The molecule has 1 aromatic rings. The van der Waals surface area contributed by atoms with E-state index in [2.05, 4.69) is 20.9 Å². The number of rotatable bonds is 6. The molecule has 1 saturated carbocycles. The number of nitrogens with zero attached hydrogens (tertiary/aromatic N) is 1. The van der Waals surface area contributed by atoms with Gasteiger partial charge in [-0.3, -0.25) is 4.79 Å². The molecule has 0 radical (unpaired) electrons. The first kappa shape index (κ1) is 23.7. The Morgan fingerprint density at radius 2 is 1.81 bits per heavy atom. The summed E-state index contributed by atoms with van der Waals surface area (Å²) in [6.45, 7) is 6.19. The van der Waals surface area contributed by atoms with E-state index in [0.717, 1.165) is 50.0 Å². The zero-order chi connectivity index (χ0) is 22.3. The quantitative estimate of drug-likeness (QED) is 0.604. The zero-order valence-corrected chi connectivity index (χ0v) is 19.7. The lowest BCUT2D eigenvalue weighted by molar-refractivity contribution is 0.0514. The van der Waals surface area contributed by atoms with Crippen LogP contribution < -0.4 is 16.0 Å². The van der Waals surface area contributed by atoms with Crippen molar-refractivity contribution in [1.29, 1.82) is 0 Å². The van der Waals surface area contributed by atoms with Gasteiger partial charge < -0.3 is 20.7 Å². The van der Waals surface area contributed by atoms with Crippen LogP contribution in [0.4, 0.5) is 10.6 Å². The third-order valence-electron chi connectivity index (χ3n) is 5.73. The van der Waals surface area contributed by atoms with Crippen molar-refractivity contribution in [2.24, 2.45) is 5.92 Å². The molecule has 2 amide bonds. The summed E-state index contributed by atoms with van der Waals surface area (Å²) in [5.74, 6) is 3.35. The Labute approximate surface area is 189 Å². The number of amides is 2. The van der Waals surface area contributed by atoms with Gasteiger partial charge >= 0.3 is 6.09 Å². The average molecular weight is 449 g/mol. The Kier molecular flexibility index (Phi) is 8.46. The summed E-state index contributed by atoms with van der Waals surface area (Å²) >= 11 is 1.98. The number of hydrogen-bond donors (Lipinski definition) is 3. The number of hydrogen-bond acceptors (Lipinski definition) is 6. The number of alkyl carbamates (subject to hydrolysis) is 1. The summed E-state index contributed by atoms with van der Waals surface area (Å²) in [5.41, 5.74) is 0.136. The standard InChI is InChI=1S/C23H36N4O3S/c1-23(2,3)30-22(29)25-15-16-6-8-17(9-7-16)27-21(28)19-5-4-12-24-20(19)26-18-10-13-31-14-11-18/h4-5,12,16-18H,6-11,13-15H2,1-3H3,(H,24,26)(H,25,29)(H,27,28). The molecule has 1 aromatic heterocycles. The van der Waals surface area contributed by atoms with E-state index >= 15 is 0 Å². The van der Waals surface area contributed by atoms with Gasteiger partial charge in [-0.1, -0.05) is 0 Å². The lowest BCUT2D eigenvalue weighted by atomic mass is 9.86. The van der Waals surface area contributed by atoms with Crippen molar-refractivity contribution in [2.75, 3.05) is 23.4 Å². The first-order chi connectivity index (χ1) is 14.8. The van der Waals surface area contributed by atoms with E-state index in [1.54, 1.807) is 6.20 Å². The highest BCUT2D eigenvalue weighted by Gasteiger charge is 2.25. The van der Waals surface area contributed by atoms with Gasteiger partial charge in [0.05, 0.1) is 5.56 Å². The van der Waals surface area contributed by atoms with Crippen molar-refractivity contribution in [1.82, 2.24) is 15.6 Å². The van der Waals surface area contributed by atoms with Gasteiger partial charge in [0.1, 0.15) is 11.4 Å². The Hall–Kier alpha value is -1.96. The van der Waals surface area contributed by atoms with Gasteiger partial charge in [-0.05, 0) is 88.9 Å². The molecule has 2 heterocycles. The second-order valence-corrected chi connectivity index (χ2v) is 10.7. The van der Waals surface area contributed by atoms with Gasteiger partial charge in [-0.25, -0.2) is 9.78 Å². The number of ether oxygens (including phenoxy) is 1.